The molecule has 1 aromatic carbocycles. The van der Waals surface area contributed by atoms with E-state index in [4.69, 9.17) is 4.74 Å². The maximum absolute atomic E-state index is 12.4. The van der Waals surface area contributed by atoms with Gasteiger partial charge in [0.1, 0.15) is 11.6 Å². The van der Waals surface area contributed by atoms with Crippen molar-refractivity contribution < 1.29 is 4.74 Å². The highest BCUT2D eigenvalue weighted by Crippen LogP contribution is 2.22. The first kappa shape index (κ1) is 21.3. The molecule has 0 unspecified atom stereocenters. The maximum Gasteiger partial charge on any atom is 0.345 e. The Kier molecular flexibility index (Phi) is 6.79. The lowest BCUT2D eigenvalue weighted by atomic mass is 10.2. The Morgan fingerprint density at radius 3 is 2.77 bits per heavy atom. The van der Waals surface area contributed by atoms with E-state index in [0.29, 0.717) is 6.54 Å². The highest BCUT2D eigenvalue weighted by Gasteiger charge is 2.20. The summed E-state index contributed by atoms with van der Waals surface area (Å²) in [6.45, 7) is 5.88. The lowest BCUT2D eigenvalue weighted by Gasteiger charge is -2.37. The number of nitrogens with one attached hydrogen (secondary N) is 1. The van der Waals surface area contributed by atoms with Gasteiger partial charge in [-0.05, 0) is 31.4 Å². The molecule has 0 aliphatic carbocycles. The number of aryl methyl sites for hydroxylation is 2. The minimum Gasteiger partial charge on any atom is -0.497 e. The van der Waals surface area contributed by atoms with Gasteiger partial charge in [0.25, 0.3) is 0 Å². The van der Waals surface area contributed by atoms with E-state index in [2.05, 4.69) is 37.3 Å². The van der Waals surface area contributed by atoms with E-state index in [9.17, 15) is 4.79 Å². The topological polar surface area (TPSA) is 79.9 Å². The van der Waals surface area contributed by atoms with Gasteiger partial charge in [0, 0.05) is 71.0 Å². The van der Waals surface area contributed by atoms with Crippen LogP contribution < -0.4 is 20.6 Å². The van der Waals surface area contributed by atoms with Crippen LogP contribution in [0.15, 0.2) is 34.1 Å². The molecule has 3 heterocycles. The van der Waals surface area contributed by atoms with Gasteiger partial charge in [0.15, 0.2) is 5.96 Å². The summed E-state index contributed by atoms with van der Waals surface area (Å²) in [5.41, 5.74) is 1.22. The summed E-state index contributed by atoms with van der Waals surface area (Å²) in [6, 6.07) is 8.21. The second kappa shape index (κ2) is 9.89. The molecule has 0 bridgehead atoms. The number of anilines is 1. The maximum atomic E-state index is 12.4. The van der Waals surface area contributed by atoms with Gasteiger partial charge in [-0.2, -0.15) is 5.10 Å². The van der Waals surface area contributed by atoms with Crippen LogP contribution in [-0.4, -0.2) is 72.1 Å². The number of hydrogen-bond acceptors (Lipinski definition) is 5. The molecule has 0 amide bonds. The first-order chi connectivity index (χ1) is 15.2. The van der Waals surface area contributed by atoms with Crippen LogP contribution in [-0.2, 0) is 19.5 Å². The Bertz CT molecular complexity index is 957. The predicted molar refractivity (Wildman–Crippen MR) is 122 cm³/mol. The molecule has 4 rings (SSSR count). The summed E-state index contributed by atoms with van der Waals surface area (Å²) in [5.74, 6) is 2.74. The zero-order chi connectivity index (χ0) is 21.6. The van der Waals surface area contributed by atoms with E-state index in [1.807, 2.05) is 23.7 Å². The molecule has 9 heteroatoms. The van der Waals surface area contributed by atoms with E-state index in [-0.39, 0.29) is 5.69 Å². The fourth-order valence-electron chi connectivity index (χ4n) is 4.34. The Labute approximate surface area is 183 Å². The molecular weight excluding hydrogens is 394 g/mol. The average molecular weight is 428 g/mol. The van der Waals surface area contributed by atoms with E-state index in [0.717, 1.165) is 82.5 Å². The van der Waals surface area contributed by atoms with Crippen LogP contribution >= 0.6 is 0 Å². The van der Waals surface area contributed by atoms with Crippen molar-refractivity contribution in [3.63, 3.8) is 0 Å². The second-order valence-electron chi connectivity index (χ2n) is 8.03. The molecule has 1 fully saturated rings. The van der Waals surface area contributed by atoms with Gasteiger partial charge >= 0.3 is 5.69 Å². The van der Waals surface area contributed by atoms with E-state index < -0.39 is 0 Å². The number of nitrogens with zero attached hydrogens (tertiary/aromatic N) is 6. The molecule has 9 nitrogen and oxygen atoms in total. The van der Waals surface area contributed by atoms with Crippen molar-refractivity contribution in [1.29, 1.82) is 0 Å². The number of hydrogen-bond donors (Lipinski definition) is 1. The number of guanidine groups is 1. The molecule has 2 aliphatic heterocycles. The van der Waals surface area contributed by atoms with Gasteiger partial charge in [-0.1, -0.05) is 6.07 Å². The first-order valence-corrected chi connectivity index (χ1v) is 11.2. The number of methoxy groups -OCH3 is 1. The number of aromatic nitrogens is 3. The summed E-state index contributed by atoms with van der Waals surface area (Å²) in [7, 11) is 3.52. The number of aliphatic imine (C=N–C) groups is 1. The number of fused-ring (bicyclic) bond motifs is 1. The Morgan fingerprint density at radius 1 is 1.19 bits per heavy atom. The number of rotatable bonds is 6. The minimum atomic E-state index is 0.0350. The highest BCUT2D eigenvalue weighted by molar-refractivity contribution is 5.80. The molecule has 2 aliphatic rings. The fraction of sp³-hybridized carbons (Fsp3) is 0.591. The van der Waals surface area contributed by atoms with Crippen LogP contribution in [0.5, 0.6) is 5.75 Å². The highest BCUT2D eigenvalue weighted by atomic mass is 16.5. The van der Waals surface area contributed by atoms with Crippen molar-refractivity contribution in [2.24, 2.45) is 4.99 Å². The largest absolute Gasteiger partial charge is 0.497 e. The summed E-state index contributed by atoms with van der Waals surface area (Å²) in [5, 5.41) is 7.96. The monoisotopic (exact) mass is 427 g/mol. The molecule has 1 saturated heterocycles. The summed E-state index contributed by atoms with van der Waals surface area (Å²) in [6.07, 6.45) is 3.94. The lowest BCUT2D eigenvalue weighted by molar-refractivity contribution is 0.371. The van der Waals surface area contributed by atoms with Crippen LogP contribution in [0.25, 0.3) is 0 Å². The molecule has 0 spiro atoms. The SMILES string of the molecule is CN=C(NCCCn1nc2n(c1=O)CCCC2)N1CCN(c2cccc(OC)c2)CC1. The third-order valence-electron chi connectivity index (χ3n) is 6.07. The minimum absolute atomic E-state index is 0.0350. The quantitative estimate of drug-likeness (QED) is 0.424. The standard InChI is InChI=1S/C22H33N7O2/c1-23-21(24-10-6-12-29-22(30)28-11-4-3-9-20(28)25-29)27-15-13-26(14-16-27)18-7-5-8-19(17-18)31-2/h5,7-8,17H,3-4,6,9-16H2,1-2H3,(H,23,24). The summed E-state index contributed by atoms with van der Waals surface area (Å²) < 4.78 is 8.80. The van der Waals surface area contributed by atoms with Crippen molar-refractivity contribution in [2.45, 2.75) is 38.8 Å². The molecule has 31 heavy (non-hydrogen) atoms. The van der Waals surface area contributed by atoms with Crippen molar-refractivity contribution in [3.8, 4) is 5.75 Å². The van der Waals surface area contributed by atoms with Crippen LogP contribution in [0, 0.1) is 0 Å². The predicted octanol–water partition coefficient (Wildman–Crippen LogP) is 1.18. The third-order valence-corrected chi connectivity index (χ3v) is 6.07. The van der Waals surface area contributed by atoms with E-state index in [1.54, 1.807) is 11.8 Å². The summed E-state index contributed by atoms with van der Waals surface area (Å²) >= 11 is 0. The molecular formula is C22H33N7O2. The number of benzene rings is 1. The smallest absolute Gasteiger partial charge is 0.345 e. The van der Waals surface area contributed by atoms with Gasteiger partial charge < -0.3 is 19.9 Å². The van der Waals surface area contributed by atoms with Gasteiger partial charge in [-0.25, -0.2) is 9.48 Å². The molecule has 2 aromatic rings. The van der Waals surface area contributed by atoms with E-state index in [1.165, 1.54) is 5.69 Å². The molecule has 0 atom stereocenters. The van der Waals surface area contributed by atoms with Gasteiger partial charge in [0.05, 0.1) is 7.11 Å². The number of piperazine rings is 1. The Morgan fingerprint density at radius 2 is 2.03 bits per heavy atom. The van der Waals surface area contributed by atoms with E-state index >= 15 is 0 Å². The first-order valence-electron chi connectivity index (χ1n) is 11.2. The third kappa shape index (κ3) is 4.86. The zero-order valence-electron chi connectivity index (χ0n) is 18.6. The molecule has 168 valence electrons. The van der Waals surface area contributed by atoms with Crippen LogP contribution in [0.2, 0.25) is 0 Å². The normalized spacial score (nSPS) is 16.9. The molecule has 0 saturated carbocycles. The van der Waals surface area contributed by atoms with Crippen molar-refractivity contribution >= 4 is 11.6 Å². The molecule has 1 N–H and O–H groups in total. The van der Waals surface area contributed by atoms with Gasteiger partial charge in [0.2, 0.25) is 0 Å². The van der Waals surface area contributed by atoms with Crippen molar-refractivity contribution in [1.82, 2.24) is 24.6 Å². The lowest BCUT2D eigenvalue weighted by Crippen LogP contribution is -2.52. The van der Waals surface area contributed by atoms with Crippen LogP contribution in [0.1, 0.15) is 25.1 Å². The van der Waals surface area contributed by atoms with Crippen LogP contribution in [0.4, 0.5) is 5.69 Å². The molecule has 0 radical (unpaired) electrons. The van der Waals surface area contributed by atoms with Crippen molar-refractivity contribution in [2.75, 3.05) is 51.8 Å². The summed E-state index contributed by atoms with van der Waals surface area (Å²) in [4.78, 5) is 21.6. The van der Waals surface area contributed by atoms with Gasteiger partial charge in [-0.15, -0.1) is 0 Å². The van der Waals surface area contributed by atoms with Gasteiger partial charge in [-0.3, -0.25) is 9.56 Å². The Hall–Kier alpha value is -2.97. The average Bonchev–Trinajstić information content (AvgIpc) is 3.15. The molecule has 1 aromatic heterocycles. The fourth-order valence-corrected chi connectivity index (χ4v) is 4.34. The number of ether oxygens (including phenoxy) is 1. The Balaban J connectivity index is 1.24. The van der Waals surface area contributed by atoms with Crippen molar-refractivity contribution in [3.05, 3.63) is 40.6 Å². The van der Waals surface area contributed by atoms with Crippen LogP contribution in [0.3, 0.4) is 0 Å². The zero-order valence-corrected chi connectivity index (χ0v) is 18.6. The second-order valence-corrected chi connectivity index (χ2v) is 8.03.